The van der Waals surface area contributed by atoms with Crippen molar-refractivity contribution in [3.8, 4) is 0 Å². The molecule has 140 valence electrons. The molecular weight excluding hydrogens is 376 g/mol. The maximum atomic E-state index is 10.0. The van der Waals surface area contributed by atoms with Gasteiger partial charge in [0.25, 0.3) is 0 Å². The Hall–Kier alpha value is -1.38. The summed E-state index contributed by atoms with van der Waals surface area (Å²) in [6.07, 6.45) is -5.07. The van der Waals surface area contributed by atoms with Crippen molar-refractivity contribution >= 4 is 49.9 Å². The largest absolute Gasteiger partial charge is 0.509 e. The topological polar surface area (TPSA) is 121 Å². The van der Waals surface area contributed by atoms with E-state index >= 15 is 0 Å². The predicted octanol–water partition coefficient (Wildman–Crippen LogP) is 1.25. The minimum Gasteiger partial charge on any atom is -0.509 e. The fraction of sp³-hybridized carbons (Fsp3) is 0.200. The monoisotopic (exact) mass is 398 g/mol. The fourth-order valence-electron chi connectivity index (χ4n) is 2.33. The Morgan fingerprint density at radius 1 is 0.593 bits per heavy atom. The molecule has 2 aromatic rings. The molecule has 27 heavy (non-hydrogen) atoms. The van der Waals surface area contributed by atoms with Gasteiger partial charge >= 0.3 is 0 Å². The van der Waals surface area contributed by atoms with Gasteiger partial charge in [0.05, 0.1) is 0 Å². The fourth-order valence-corrected chi connectivity index (χ4v) is 2.33. The van der Waals surface area contributed by atoms with Crippen LogP contribution in [0.1, 0.15) is 11.1 Å². The van der Waals surface area contributed by atoms with Crippen molar-refractivity contribution in [2.24, 2.45) is 0 Å². The zero-order valence-electron chi connectivity index (χ0n) is 14.6. The van der Waals surface area contributed by atoms with Crippen LogP contribution in [0.5, 0.6) is 0 Å². The predicted molar refractivity (Wildman–Crippen MR) is 104 cm³/mol. The molecule has 0 aliphatic rings. The maximum Gasteiger partial charge on any atom is 0.139 e. The molecule has 2 aromatic carbocycles. The Morgan fingerprint density at radius 3 is 1.19 bits per heavy atom. The molecule has 4 atom stereocenters. The molecule has 6 N–H and O–H groups in total. The van der Waals surface area contributed by atoms with Gasteiger partial charge in [-0.05, 0) is 23.3 Å². The number of rotatable bonds is 7. The van der Waals surface area contributed by atoms with Crippen molar-refractivity contribution < 1.29 is 30.6 Å². The molecule has 7 heteroatoms. The van der Waals surface area contributed by atoms with Crippen molar-refractivity contribution in [3.05, 3.63) is 83.3 Å². The van der Waals surface area contributed by atoms with Gasteiger partial charge in [0, 0.05) is 37.7 Å². The van der Waals surface area contributed by atoms with Gasteiger partial charge in [-0.1, -0.05) is 60.7 Å². The van der Waals surface area contributed by atoms with E-state index in [4.69, 9.17) is 0 Å². The molecule has 0 bridgehead atoms. The van der Waals surface area contributed by atoms with E-state index in [1.165, 1.54) is 12.2 Å². The molecule has 0 saturated heterocycles. The summed E-state index contributed by atoms with van der Waals surface area (Å²) in [6.45, 7) is 0. The molecule has 0 heterocycles. The smallest absolute Gasteiger partial charge is 0.139 e. The molecular formula is C20H22CaO6. The van der Waals surface area contributed by atoms with E-state index in [0.717, 1.165) is 0 Å². The summed E-state index contributed by atoms with van der Waals surface area (Å²) in [5.41, 5.74) is 1.16. The summed E-state index contributed by atoms with van der Waals surface area (Å²) in [5.74, 6) is -1.16. The second-order valence-electron chi connectivity index (χ2n) is 5.83. The van der Waals surface area contributed by atoms with Crippen LogP contribution in [0, 0.1) is 0 Å². The molecule has 0 amide bonds. The summed E-state index contributed by atoms with van der Waals surface area (Å²) in [7, 11) is 0. The zero-order valence-corrected chi connectivity index (χ0v) is 16.8. The summed E-state index contributed by atoms with van der Waals surface area (Å²) in [4.78, 5) is 0. The molecule has 0 aromatic heterocycles. The molecule has 0 saturated carbocycles. The molecule has 0 aliphatic carbocycles. The molecule has 6 nitrogen and oxygen atoms in total. The molecule has 0 spiro atoms. The summed E-state index contributed by atoms with van der Waals surface area (Å²) < 4.78 is 0. The molecule has 2 radical (unpaired) electrons. The number of aliphatic hydroxyl groups is 6. The Morgan fingerprint density at radius 2 is 0.889 bits per heavy atom. The van der Waals surface area contributed by atoms with Gasteiger partial charge in [0.1, 0.15) is 35.9 Å². The Balaban J connectivity index is 0.00000364. The Kier molecular flexibility index (Phi) is 10.0. The number of benzene rings is 2. The first kappa shape index (κ1) is 23.7. The van der Waals surface area contributed by atoms with Crippen LogP contribution in [-0.2, 0) is 0 Å². The van der Waals surface area contributed by atoms with E-state index in [9.17, 15) is 30.6 Å². The van der Waals surface area contributed by atoms with Crippen molar-refractivity contribution in [3.63, 3.8) is 0 Å². The van der Waals surface area contributed by atoms with Gasteiger partial charge in [-0.3, -0.25) is 0 Å². The van der Waals surface area contributed by atoms with Crippen molar-refractivity contribution in [2.45, 2.75) is 24.4 Å². The van der Waals surface area contributed by atoms with Crippen LogP contribution < -0.4 is 0 Å². The van der Waals surface area contributed by atoms with E-state index < -0.39 is 35.9 Å². The van der Waals surface area contributed by atoms with E-state index in [1.54, 1.807) is 60.7 Å². The van der Waals surface area contributed by atoms with Gasteiger partial charge in [0.15, 0.2) is 0 Å². The molecule has 2 rings (SSSR count). The minimum absolute atomic E-state index is 0. The summed E-state index contributed by atoms with van der Waals surface area (Å²) >= 11 is 0. The van der Waals surface area contributed by atoms with Crippen LogP contribution in [0.2, 0.25) is 0 Å². The third-order valence-electron chi connectivity index (χ3n) is 3.83. The zero-order chi connectivity index (χ0) is 19.1. The quantitative estimate of drug-likeness (QED) is 0.308. The van der Waals surface area contributed by atoms with Crippen molar-refractivity contribution in [2.75, 3.05) is 0 Å². The van der Waals surface area contributed by atoms with Crippen LogP contribution in [0.25, 0.3) is 12.2 Å². The number of aliphatic hydroxyl groups excluding tert-OH is 6. The standard InChI is InChI=1S/C20H22O6.Ca/c21-15(11-13-7-3-1-4-8-13)17(23)19(25)20(26)18(24)16(22)12-14-9-5-2-6-10-14;/h1-12,17-26H;/t17-,18+,19-,20-;/m1./s1. The van der Waals surface area contributed by atoms with Gasteiger partial charge in [-0.25, -0.2) is 0 Å². The normalized spacial score (nSPS) is 16.7. The maximum absolute atomic E-state index is 10.0. The molecule has 0 aliphatic heterocycles. The average molecular weight is 398 g/mol. The minimum atomic E-state index is -1.92. The first-order valence-electron chi connectivity index (χ1n) is 8.03. The van der Waals surface area contributed by atoms with Gasteiger partial charge < -0.3 is 30.6 Å². The summed E-state index contributed by atoms with van der Waals surface area (Å²) in [5, 5.41) is 59.9. The van der Waals surface area contributed by atoms with Gasteiger partial charge in [-0.15, -0.1) is 0 Å². The van der Waals surface area contributed by atoms with Crippen LogP contribution in [0.3, 0.4) is 0 Å². The average Bonchev–Trinajstić information content (AvgIpc) is 2.67. The van der Waals surface area contributed by atoms with Crippen LogP contribution >= 0.6 is 0 Å². The van der Waals surface area contributed by atoms with Gasteiger partial charge in [0.2, 0.25) is 0 Å². The van der Waals surface area contributed by atoms with Gasteiger partial charge in [-0.2, -0.15) is 0 Å². The van der Waals surface area contributed by atoms with E-state index in [0.29, 0.717) is 11.1 Å². The number of hydrogen-bond acceptors (Lipinski definition) is 6. The van der Waals surface area contributed by atoms with E-state index in [-0.39, 0.29) is 37.7 Å². The Labute approximate surface area is 187 Å². The summed E-state index contributed by atoms with van der Waals surface area (Å²) in [6, 6.07) is 17.2. The van der Waals surface area contributed by atoms with E-state index in [1.807, 2.05) is 0 Å². The third kappa shape index (κ3) is 6.93. The first-order chi connectivity index (χ1) is 12.4. The molecule has 0 unspecified atom stereocenters. The second kappa shape index (κ2) is 11.5. The van der Waals surface area contributed by atoms with Crippen LogP contribution in [0.15, 0.2) is 72.2 Å². The Bertz CT molecular complexity index is 682. The number of hydrogen-bond donors (Lipinski definition) is 6. The third-order valence-corrected chi connectivity index (χ3v) is 3.83. The van der Waals surface area contributed by atoms with Crippen molar-refractivity contribution in [1.29, 1.82) is 0 Å². The van der Waals surface area contributed by atoms with E-state index in [2.05, 4.69) is 0 Å². The molecule has 0 fully saturated rings. The van der Waals surface area contributed by atoms with Crippen LogP contribution in [0.4, 0.5) is 0 Å². The van der Waals surface area contributed by atoms with Crippen LogP contribution in [-0.4, -0.2) is 92.8 Å². The van der Waals surface area contributed by atoms with Crippen molar-refractivity contribution in [1.82, 2.24) is 0 Å². The first-order valence-corrected chi connectivity index (χ1v) is 8.03. The second-order valence-corrected chi connectivity index (χ2v) is 5.83. The SMILES string of the molecule is OC(=Cc1ccccc1)[C@@H](O)[C@@H](O)[C@H](O)[C@@H](O)C(O)=Cc1ccccc1.[Ca].